The van der Waals surface area contributed by atoms with Crippen LogP contribution in [0.15, 0.2) is 16.1 Å². The summed E-state index contributed by atoms with van der Waals surface area (Å²) in [5.74, 6) is -0.00257. The molecule has 20 heavy (non-hydrogen) atoms. The number of aliphatic imine (C=N–C) groups is 1. The van der Waals surface area contributed by atoms with E-state index in [0.717, 1.165) is 62.0 Å². The van der Waals surface area contributed by atoms with Crippen molar-refractivity contribution in [3.8, 4) is 0 Å². The minimum Gasteiger partial charge on any atom is -0.375 e. The maximum atomic E-state index is 12.6. The van der Waals surface area contributed by atoms with Crippen LogP contribution < -0.4 is 5.32 Å². The highest BCUT2D eigenvalue weighted by atomic mass is 32.2. The molecule has 0 aromatic heterocycles. The van der Waals surface area contributed by atoms with Crippen molar-refractivity contribution in [3.05, 3.63) is 11.1 Å². The first kappa shape index (κ1) is 12.9. The molecular formula is C15H20N2O2S. The number of nitrogens with zero attached hydrogens (tertiary/aromatic N) is 1. The summed E-state index contributed by atoms with van der Waals surface area (Å²) >= 11 is 1.42. The predicted molar refractivity (Wildman–Crippen MR) is 79.4 cm³/mol. The van der Waals surface area contributed by atoms with Gasteiger partial charge in [-0.2, -0.15) is 0 Å². The summed E-state index contributed by atoms with van der Waals surface area (Å²) < 4.78 is 0. The number of fused-ring (bicyclic) bond motifs is 2. The number of carbonyl (C=O) groups excluding carboxylic acids is 1. The number of hydrogen-bond donors (Lipinski definition) is 2. The number of hydrogen-bond acceptors (Lipinski definition) is 4. The molecule has 2 aliphatic carbocycles. The number of nitrogens with one attached hydrogen (secondary N) is 1. The second kappa shape index (κ2) is 4.34. The van der Waals surface area contributed by atoms with E-state index in [2.05, 4.69) is 5.32 Å². The van der Waals surface area contributed by atoms with E-state index in [1.54, 1.807) is 0 Å². The third kappa shape index (κ3) is 1.79. The molecule has 0 aromatic carbocycles. The lowest BCUT2D eigenvalue weighted by atomic mass is 9.85. The molecule has 1 atom stereocenters. The minimum atomic E-state index is -0.857. The maximum absolute atomic E-state index is 12.6. The van der Waals surface area contributed by atoms with Crippen molar-refractivity contribution >= 4 is 22.7 Å². The third-order valence-electron chi connectivity index (χ3n) is 5.01. The Morgan fingerprint density at radius 2 is 1.85 bits per heavy atom. The molecular weight excluding hydrogens is 272 g/mol. The van der Waals surface area contributed by atoms with E-state index < -0.39 is 4.93 Å². The van der Waals surface area contributed by atoms with Gasteiger partial charge in [0.25, 0.3) is 5.91 Å². The average molecular weight is 292 g/mol. The fraction of sp³-hybridized carbons (Fsp3) is 0.733. The monoisotopic (exact) mass is 292 g/mol. The Balaban J connectivity index is 1.78. The first-order valence-corrected chi connectivity index (χ1v) is 8.51. The van der Waals surface area contributed by atoms with Gasteiger partial charge in [0.2, 0.25) is 0 Å². The fourth-order valence-corrected chi connectivity index (χ4v) is 5.40. The van der Waals surface area contributed by atoms with E-state index in [0.29, 0.717) is 5.57 Å². The first-order valence-electron chi connectivity index (χ1n) is 7.70. The summed E-state index contributed by atoms with van der Waals surface area (Å²) in [4.78, 5) is 16.6. The number of carbonyl (C=O) groups is 1. The molecule has 2 fully saturated rings. The lowest BCUT2D eigenvalue weighted by Crippen LogP contribution is -2.52. The van der Waals surface area contributed by atoms with Gasteiger partial charge >= 0.3 is 0 Å². The summed E-state index contributed by atoms with van der Waals surface area (Å²) in [5, 5.41) is 14.7. The molecule has 5 heteroatoms. The van der Waals surface area contributed by atoms with E-state index >= 15 is 0 Å². The van der Waals surface area contributed by atoms with Crippen LogP contribution in [0.4, 0.5) is 0 Å². The van der Waals surface area contributed by atoms with E-state index in [1.165, 1.54) is 18.2 Å². The van der Waals surface area contributed by atoms with Gasteiger partial charge in [0.05, 0.1) is 5.57 Å². The zero-order valence-corrected chi connectivity index (χ0v) is 12.4. The molecule has 0 bridgehead atoms. The van der Waals surface area contributed by atoms with Gasteiger partial charge in [-0.25, -0.2) is 4.99 Å². The van der Waals surface area contributed by atoms with E-state index in [-0.39, 0.29) is 11.6 Å². The van der Waals surface area contributed by atoms with Crippen molar-refractivity contribution in [1.29, 1.82) is 0 Å². The Morgan fingerprint density at radius 1 is 1.10 bits per heavy atom. The Kier molecular flexibility index (Phi) is 2.80. The zero-order valence-electron chi connectivity index (χ0n) is 11.6. The number of rotatable bonds is 0. The summed E-state index contributed by atoms with van der Waals surface area (Å²) in [5.41, 5.74) is 1.23. The molecule has 4 aliphatic rings. The van der Waals surface area contributed by atoms with Gasteiger partial charge in [-0.3, -0.25) is 4.79 Å². The third-order valence-corrected chi connectivity index (χ3v) is 6.29. The van der Waals surface area contributed by atoms with Crippen molar-refractivity contribution < 1.29 is 9.90 Å². The quantitative estimate of drug-likeness (QED) is 0.721. The van der Waals surface area contributed by atoms with Gasteiger partial charge in [0, 0.05) is 0 Å². The van der Waals surface area contributed by atoms with Crippen LogP contribution in [0.25, 0.3) is 0 Å². The van der Waals surface area contributed by atoms with Crippen molar-refractivity contribution in [2.24, 2.45) is 4.99 Å². The van der Waals surface area contributed by atoms with E-state index in [1.807, 2.05) is 0 Å². The summed E-state index contributed by atoms with van der Waals surface area (Å²) in [6.07, 6.45) is 9.01. The second-order valence-electron chi connectivity index (χ2n) is 6.41. The summed E-state index contributed by atoms with van der Waals surface area (Å²) in [6, 6.07) is 0. The Bertz CT molecular complexity index is 534. The molecule has 1 amide bonds. The molecule has 4 nitrogen and oxygen atoms in total. The molecule has 108 valence electrons. The second-order valence-corrected chi connectivity index (χ2v) is 7.68. The average Bonchev–Trinajstić information content (AvgIpc) is 2.71. The van der Waals surface area contributed by atoms with Crippen molar-refractivity contribution in [2.75, 3.05) is 0 Å². The van der Waals surface area contributed by atoms with Crippen LogP contribution in [0.1, 0.15) is 57.8 Å². The van der Waals surface area contributed by atoms with Crippen LogP contribution >= 0.6 is 11.8 Å². The SMILES string of the molecule is O=C1NC2(CCCCC2)N=C2SC3(O)CCCCC3=C12. The molecule has 2 heterocycles. The van der Waals surface area contributed by atoms with Crippen LogP contribution in [-0.4, -0.2) is 26.7 Å². The Labute approximate surface area is 123 Å². The van der Waals surface area contributed by atoms with Gasteiger partial charge in [-0.1, -0.05) is 18.2 Å². The summed E-state index contributed by atoms with van der Waals surface area (Å²) in [6.45, 7) is 0. The van der Waals surface area contributed by atoms with Crippen LogP contribution in [0.5, 0.6) is 0 Å². The number of amides is 1. The Morgan fingerprint density at radius 3 is 2.65 bits per heavy atom. The smallest absolute Gasteiger partial charge is 0.255 e. The van der Waals surface area contributed by atoms with E-state index in [4.69, 9.17) is 4.99 Å². The minimum absolute atomic E-state index is 0.00257. The normalized spacial score (nSPS) is 35.5. The van der Waals surface area contributed by atoms with Gasteiger partial charge < -0.3 is 10.4 Å². The van der Waals surface area contributed by atoms with Gasteiger partial charge in [0.15, 0.2) is 0 Å². The van der Waals surface area contributed by atoms with E-state index in [9.17, 15) is 9.90 Å². The highest BCUT2D eigenvalue weighted by Crippen LogP contribution is 2.52. The first-order chi connectivity index (χ1) is 9.62. The molecule has 1 unspecified atom stereocenters. The van der Waals surface area contributed by atoms with Crippen LogP contribution in [0.3, 0.4) is 0 Å². The topological polar surface area (TPSA) is 61.7 Å². The molecule has 2 N–H and O–H groups in total. The molecule has 0 radical (unpaired) electrons. The van der Waals surface area contributed by atoms with Crippen LogP contribution in [0, 0.1) is 0 Å². The van der Waals surface area contributed by atoms with Gasteiger partial charge in [-0.05, 0) is 56.9 Å². The fourth-order valence-electron chi connectivity index (χ4n) is 3.97. The molecule has 2 saturated carbocycles. The number of thioether (sulfide) groups is 1. The van der Waals surface area contributed by atoms with Crippen molar-refractivity contribution in [2.45, 2.75) is 68.4 Å². The van der Waals surface area contributed by atoms with Gasteiger partial charge in [0.1, 0.15) is 15.6 Å². The highest BCUT2D eigenvalue weighted by molar-refractivity contribution is 8.16. The molecule has 1 spiro atoms. The van der Waals surface area contributed by atoms with Crippen molar-refractivity contribution in [3.63, 3.8) is 0 Å². The Hall–Kier alpha value is -0.810. The van der Waals surface area contributed by atoms with Crippen LogP contribution in [0.2, 0.25) is 0 Å². The standard InChI is InChI=1S/C15H20N2O2S/c18-12-11-10-6-2-5-9-15(10,19)20-13(11)17-14(16-12)7-3-1-4-8-14/h19H,1-9H2,(H,16,18). The van der Waals surface area contributed by atoms with Gasteiger partial charge in [-0.15, -0.1) is 0 Å². The number of aliphatic hydroxyl groups is 1. The lowest BCUT2D eigenvalue weighted by Gasteiger charge is -2.37. The largest absolute Gasteiger partial charge is 0.375 e. The lowest BCUT2D eigenvalue weighted by molar-refractivity contribution is -0.119. The maximum Gasteiger partial charge on any atom is 0.255 e. The zero-order chi connectivity index (χ0) is 13.8. The van der Waals surface area contributed by atoms with Crippen molar-refractivity contribution in [1.82, 2.24) is 5.32 Å². The highest BCUT2D eigenvalue weighted by Gasteiger charge is 2.51. The molecule has 4 rings (SSSR count). The summed E-state index contributed by atoms with van der Waals surface area (Å²) in [7, 11) is 0. The predicted octanol–water partition coefficient (Wildman–Crippen LogP) is 2.48. The molecule has 0 aromatic rings. The van der Waals surface area contributed by atoms with Crippen LogP contribution in [-0.2, 0) is 4.79 Å². The molecule has 2 aliphatic heterocycles. The molecule has 0 saturated heterocycles.